The van der Waals surface area contributed by atoms with Crippen LogP contribution in [0.3, 0.4) is 0 Å². The average Bonchev–Trinajstić information content (AvgIpc) is 2.56. The third-order valence-corrected chi connectivity index (χ3v) is 4.23. The lowest BCUT2D eigenvalue weighted by Crippen LogP contribution is -1.92. The first-order chi connectivity index (χ1) is 11.3. The smallest absolute Gasteiger partial charge is 0.0465 e. The fraction of sp³-hybridized carbons (Fsp3) is 1.00. The van der Waals surface area contributed by atoms with Crippen LogP contribution in [-0.4, -0.2) is 30.7 Å². The summed E-state index contributed by atoms with van der Waals surface area (Å²) in [4.78, 5) is 0. The number of hydrogen-bond acceptors (Lipinski definition) is 3. The van der Waals surface area contributed by atoms with Gasteiger partial charge < -0.3 is 9.84 Å². The predicted octanol–water partition coefficient (Wildman–Crippen LogP) is 6.41. The van der Waals surface area contributed by atoms with Gasteiger partial charge in [-0.2, -0.15) is 12.6 Å². The SMILES string of the molecule is CCCCCCCCCCCCCCCOCC.OCCCS. The van der Waals surface area contributed by atoms with Gasteiger partial charge in [0.2, 0.25) is 0 Å². The van der Waals surface area contributed by atoms with Gasteiger partial charge in [-0.3, -0.25) is 0 Å². The summed E-state index contributed by atoms with van der Waals surface area (Å²) in [6, 6.07) is 0. The molecule has 0 aliphatic rings. The Morgan fingerprint density at radius 1 is 0.652 bits per heavy atom. The first kappa shape index (κ1) is 25.5. The molecule has 0 saturated heterocycles. The van der Waals surface area contributed by atoms with Crippen molar-refractivity contribution in [1.82, 2.24) is 0 Å². The lowest BCUT2D eigenvalue weighted by molar-refractivity contribution is 0.143. The van der Waals surface area contributed by atoms with Crippen molar-refractivity contribution in [2.75, 3.05) is 25.6 Å². The summed E-state index contributed by atoms with van der Waals surface area (Å²) in [6.07, 6.45) is 19.3. The first-order valence-corrected chi connectivity index (χ1v) is 10.8. The highest BCUT2D eigenvalue weighted by Gasteiger charge is 1.93. The molecule has 3 heteroatoms. The van der Waals surface area contributed by atoms with Crippen molar-refractivity contribution in [2.24, 2.45) is 0 Å². The second-order valence-electron chi connectivity index (χ2n) is 6.24. The summed E-state index contributed by atoms with van der Waals surface area (Å²) < 4.78 is 5.33. The molecule has 142 valence electrons. The van der Waals surface area contributed by atoms with Crippen LogP contribution < -0.4 is 0 Å². The number of aliphatic hydroxyl groups excluding tert-OH is 1. The highest BCUT2D eigenvalue weighted by atomic mass is 32.1. The highest BCUT2D eigenvalue weighted by Crippen LogP contribution is 2.12. The van der Waals surface area contributed by atoms with Gasteiger partial charge in [-0.15, -0.1) is 0 Å². The minimum Gasteiger partial charge on any atom is -0.396 e. The van der Waals surface area contributed by atoms with E-state index in [2.05, 4.69) is 26.5 Å². The van der Waals surface area contributed by atoms with Crippen molar-refractivity contribution < 1.29 is 9.84 Å². The third-order valence-electron chi connectivity index (χ3n) is 3.91. The number of aliphatic hydroxyl groups is 1. The summed E-state index contributed by atoms with van der Waals surface area (Å²) in [5.41, 5.74) is 0. The maximum atomic E-state index is 8.02. The molecule has 0 saturated carbocycles. The van der Waals surface area contributed by atoms with Gasteiger partial charge in [0.05, 0.1) is 0 Å². The molecule has 2 nitrogen and oxygen atoms in total. The monoisotopic (exact) mass is 348 g/mol. The fourth-order valence-corrected chi connectivity index (χ4v) is 2.58. The Morgan fingerprint density at radius 3 is 1.39 bits per heavy atom. The van der Waals surface area contributed by atoms with Gasteiger partial charge in [0, 0.05) is 19.8 Å². The zero-order chi connectivity index (χ0) is 17.4. The van der Waals surface area contributed by atoms with Gasteiger partial charge in [0.25, 0.3) is 0 Å². The fourth-order valence-electron chi connectivity index (χ4n) is 2.44. The Labute approximate surface area is 152 Å². The second-order valence-corrected chi connectivity index (χ2v) is 6.69. The molecule has 0 spiro atoms. The largest absolute Gasteiger partial charge is 0.396 e. The summed E-state index contributed by atoms with van der Waals surface area (Å²) >= 11 is 3.84. The maximum absolute atomic E-state index is 8.02. The van der Waals surface area contributed by atoms with Crippen LogP contribution in [-0.2, 0) is 4.74 Å². The Kier molecular flexibility index (Phi) is 30.1. The Morgan fingerprint density at radius 2 is 1.09 bits per heavy atom. The number of rotatable bonds is 17. The summed E-state index contributed by atoms with van der Waals surface area (Å²) in [5, 5.41) is 8.02. The van der Waals surface area contributed by atoms with E-state index in [9.17, 15) is 0 Å². The molecule has 1 N–H and O–H groups in total. The molecule has 0 amide bonds. The standard InChI is InChI=1S/C17H36O.C3H8OS/c1-3-5-6-7-8-9-10-11-12-13-14-15-16-17-18-4-2;4-2-1-3-5/h3-17H2,1-2H3;4-5H,1-3H2. The van der Waals surface area contributed by atoms with E-state index in [1.165, 1.54) is 83.5 Å². The van der Waals surface area contributed by atoms with Crippen LogP contribution in [0, 0.1) is 0 Å². The van der Waals surface area contributed by atoms with Crippen molar-refractivity contribution in [3.05, 3.63) is 0 Å². The molecular weight excluding hydrogens is 304 g/mol. The van der Waals surface area contributed by atoms with Crippen LogP contribution in [0.15, 0.2) is 0 Å². The molecule has 0 heterocycles. The van der Waals surface area contributed by atoms with E-state index in [1.807, 2.05) is 0 Å². The number of hydrogen-bond donors (Lipinski definition) is 2. The van der Waals surface area contributed by atoms with Crippen molar-refractivity contribution in [3.8, 4) is 0 Å². The topological polar surface area (TPSA) is 29.5 Å². The quantitative estimate of drug-likeness (QED) is 0.235. The normalized spacial score (nSPS) is 10.4. The predicted molar refractivity (Wildman–Crippen MR) is 108 cm³/mol. The van der Waals surface area contributed by atoms with Gasteiger partial charge in [0.1, 0.15) is 0 Å². The molecule has 0 unspecified atom stereocenters. The van der Waals surface area contributed by atoms with Crippen LogP contribution in [0.5, 0.6) is 0 Å². The van der Waals surface area contributed by atoms with E-state index in [4.69, 9.17) is 9.84 Å². The van der Waals surface area contributed by atoms with E-state index in [-0.39, 0.29) is 6.61 Å². The van der Waals surface area contributed by atoms with Crippen LogP contribution in [0.25, 0.3) is 0 Å². The molecule has 0 radical (unpaired) electrons. The average molecular weight is 349 g/mol. The van der Waals surface area contributed by atoms with Crippen molar-refractivity contribution in [2.45, 2.75) is 104 Å². The van der Waals surface area contributed by atoms with Gasteiger partial charge >= 0.3 is 0 Å². The Bertz CT molecular complexity index is 159. The summed E-state index contributed by atoms with van der Waals surface area (Å²) in [7, 11) is 0. The van der Waals surface area contributed by atoms with E-state index >= 15 is 0 Å². The summed E-state index contributed by atoms with van der Waals surface area (Å²) in [6.45, 7) is 6.46. The number of thiol groups is 1. The molecule has 0 aromatic heterocycles. The Balaban J connectivity index is 0. The molecule has 23 heavy (non-hydrogen) atoms. The van der Waals surface area contributed by atoms with Crippen molar-refractivity contribution in [3.63, 3.8) is 0 Å². The second kappa shape index (κ2) is 27.1. The molecule has 0 aromatic rings. The zero-order valence-electron chi connectivity index (χ0n) is 16.0. The first-order valence-electron chi connectivity index (χ1n) is 10.1. The molecular formula is C20H44O2S. The molecule has 0 aliphatic heterocycles. The lowest BCUT2D eigenvalue weighted by Gasteiger charge is -2.03. The summed E-state index contributed by atoms with van der Waals surface area (Å²) in [5.74, 6) is 0.788. The molecule has 0 aromatic carbocycles. The van der Waals surface area contributed by atoms with Gasteiger partial charge in [-0.25, -0.2) is 0 Å². The van der Waals surface area contributed by atoms with E-state index in [1.54, 1.807) is 0 Å². The van der Waals surface area contributed by atoms with Gasteiger partial charge in [-0.05, 0) is 25.5 Å². The zero-order valence-corrected chi connectivity index (χ0v) is 16.9. The lowest BCUT2D eigenvalue weighted by atomic mass is 10.0. The Hall–Kier alpha value is 0.270. The third kappa shape index (κ3) is 30.7. The van der Waals surface area contributed by atoms with Crippen LogP contribution in [0.2, 0.25) is 0 Å². The van der Waals surface area contributed by atoms with Gasteiger partial charge in [0.15, 0.2) is 0 Å². The van der Waals surface area contributed by atoms with Crippen LogP contribution in [0.4, 0.5) is 0 Å². The maximum Gasteiger partial charge on any atom is 0.0465 e. The minimum atomic E-state index is 0.267. The van der Waals surface area contributed by atoms with Crippen LogP contribution >= 0.6 is 12.6 Å². The molecule has 0 bridgehead atoms. The highest BCUT2D eigenvalue weighted by molar-refractivity contribution is 7.80. The molecule has 0 rings (SSSR count). The van der Waals surface area contributed by atoms with Gasteiger partial charge in [-0.1, -0.05) is 84.0 Å². The van der Waals surface area contributed by atoms with E-state index in [0.29, 0.717) is 0 Å². The van der Waals surface area contributed by atoms with E-state index in [0.717, 1.165) is 25.4 Å². The molecule has 0 fully saturated rings. The van der Waals surface area contributed by atoms with Crippen LogP contribution in [0.1, 0.15) is 104 Å². The van der Waals surface area contributed by atoms with Crippen molar-refractivity contribution in [1.29, 1.82) is 0 Å². The molecule has 0 aliphatic carbocycles. The molecule has 0 atom stereocenters. The number of ether oxygens (including phenoxy) is 1. The van der Waals surface area contributed by atoms with Crippen molar-refractivity contribution >= 4 is 12.6 Å². The minimum absolute atomic E-state index is 0.267. The van der Waals surface area contributed by atoms with E-state index < -0.39 is 0 Å². The number of unbranched alkanes of at least 4 members (excludes halogenated alkanes) is 12.